The van der Waals surface area contributed by atoms with Gasteiger partial charge in [0.15, 0.2) is 0 Å². The van der Waals surface area contributed by atoms with E-state index in [1.807, 2.05) is 24.3 Å². The van der Waals surface area contributed by atoms with Crippen LogP contribution in [0.4, 0.5) is 27.9 Å². The third kappa shape index (κ3) is 6.32. The first-order valence-electron chi connectivity index (χ1n) is 10.6. The summed E-state index contributed by atoms with van der Waals surface area (Å²) in [7, 11) is 0. The van der Waals surface area contributed by atoms with Crippen LogP contribution in [-0.2, 0) is 0 Å². The number of rotatable bonds is 8. The molecular weight excluding hydrogens is 525 g/mol. The minimum absolute atomic E-state index is 0.401. The fraction of sp³-hybridized carbons (Fsp3) is 0.167. The monoisotopic (exact) mass is 541 g/mol. The van der Waals surface area contributed by atoms with Crippen LogP contribution in [0.3, 0.4) is 0 Å². The fourth-order valence-electron chi connectivity index (χ4n) is 3.19. The van der Waals surface area contributed by atoms with Crippen molar-refractivity contribution in [2.75, 3.05) is 18.0 Å². The van der Waals surface area contributed by atoms with Crippen LogP contribution < -0.4 is 4.90 Å². The highest BCUT2D eigenvalue weighted by molar-refractivity contribution is 7.22. The molecule has 176 valence electrons. The number of aromatic nitrogens is 1. The van der Waals surface area contributed by atoms with Gasteiger partial charge in [-0.3, -0.25) is 0 Å². The maximum Gasteiger partial charge on any atom is 0.231 e. The molecule has 0 N–H and O–H groups in total. The average molecular weight is 543 g/mol. The van der Waals surface area contributed by atoms with Crippen molar-refractivity contribution in [3.05, 3.63) is 69.7 Å². The number of benzene rings is 3. The van der Waals surface area contributed by atoms with E-state index < -0.39 is 0 Å². The highest BCUT2D eigenvalue weighted by Crippen LogP contribution is 2.36. The molecule has 0 amide bonds. The van der Waals surface area contributed by atoms with Crippen LogP contribution in [0.1, 0.15) is 13.3 Å². The Morgan fingerprint density at radius 3 is 2.31 bits per heavy atom. The zero-order chi connectivity index (χ0) is 24.8. The second-order valence-corrected chi connectivity index (χ2v) is 9.50. The summed E-state index contributed by atoms with van der Waals surface area (Å²) in [5.41, 5.74) is 3.52. The zero-order valence-corrected chi connectivity index (χ0v) is 21.6. The van der Waals surface area contributed by atoms with E-state index in [0.29, 0.717) is 55.7 Å². The van der Waals surface area contributed by atoms with Gasteiger partial charge in [-0.2, -0.15) is 10.4 Å². The standard InChI is InChI=1S/C24H18Cl3N7S/c1-2-34(11-3-10-28)17-7-4-15(5-8-17)30-32-21-9-6-16(12-20(21)27)31-33-24-29-22-13-18(25)19(26)14-23(22)35-24/h4-9,12-14H,2-3,11H2,1H3. The molecule has 0 bridgehead atoms. The van der Waals surface area contributed by atoms with Crippen LogP contribution in [0.5, 0.6) is 0 Å². The topological polar surface area (TPSA) is 89.4 Å². The predicted molar refractivity (Wildman–Crippen MR) is 144 cm³/mol. The van der Waals surface area contributed by atoms with Gasteiger partial charge in [-0.1, -0.05) is 46.1 Å². The van der Waals surface area contributed by atoms with Gasteiger partial charge in [0.2, 0.25) is 5.13 Å². The van der Waals surface area contributed by atoms with Crippen LogP contribution in [0, 0.1) is 11.3 Å². The summed E-state index contributed by atoms with van der Waals surface area (Å²) < 4.78 is 0.875. The second kappa shape index (κ2) is 11.6. The van der Waals surface area contributed by atoms with Gasteiger partial charge in [0.1, 0.15) is 5.69 Å². The summed E-state index contributed by atoms with van der Waals surface area (Å²) in [4.78, 5) is 6.53. The molecule has 11 heteroatoms. The lowest BCUT2D eigenvalue weighted by Gasteiger charge is -2.21. The fourth-order valence-corrected chi connectivity index (χ4v) is 4.60. The van der Waals surface area contributed by atoms with Crippen LogP contribution in [0.15, 0.2) is 75.1 Å². The smallest absolute Gasteiger partial charge is 0.231 e. The van der Waals surface area contributed by atoms with Gasteiger partial charge in [0, 0.05) is 18.8 Å². The number of azo groups is 2. The van der Waals surface area contributed by atoms with E-state index in [1.165, 1.54) is 11.3 Å². The molecule has 0 aliphatic rings. The van der Waals surface area contributed by atoms with E-state index in [2.05, 4.69) is 43.3 Å². The second-order valence-electron chi connectivity index (χ2n) is 7.27. The molecule has 0 aliphatic carbocycles. The van der Waals surface area contributed by atoms with Gasteiger partial charge in [0.05, 0.1) is 49.1 Å². The molecule has 0 saturated carbocycles. The molecule has 0 fully saturated rings. The van der Waals surface area contributed by atoms with Gasteiger partial charge in [-0.25, -0.2) is 4.98 Å². The normalized spacial score (nSPS) is 11.5. The van der Waals surface area contributed by atoms with E-state index >= 15 is 0 Å². The molecule has 0 saturated heterocycles. The van der Waals surface area contributed by atoms with Gasteiger partial charge >= 0.3 is 0 Å². The third-order valence-electron chi connectivity index (χ3n) is 4.96. The van der Waals surface area contributed by atoms with Crippen LogP contribution in [0.25, 0.3) is 10.2 Å². The minimum Gasteiger partial charge on any atom is -0.371 e. The summed E-state index contributed by atoms with van der Waals surface area (Å²) in [6.45, 7) is 3.57. The van der Waals surface area contributed by atoms with E-state index in [1.54, 1.807) is 30.3 Å². The number of nitriles is 1. The quantitative estimate of drug-likeness (QED) is 0.207. The molecule has 4 rings (SSSR count). The van der Waals surface area contributed by atoms with Crippen molar-refractivity contribution in [2.24, 2.45) is 20.5 Å². The summed E-state index contributed by atoms with van der Waals surface area (Å²) in [6.07, 6.45) is 0.480. The number of fused-ring (bicyclic) bond motifs is 1. The Hall–Kier alpha value is -3.09. The third-order valence-corrected chi connectivity index (χ3v) is 6.89. The molecule has 0 aliphatic heterocycles. The first-order chi connectivity index (χ1) is 17.0. The number of halogens is 3. The molecule has 0 spiro atoms. The number of anilines is 1. The molecule has 1 heterocycles. The Bertz CT molecular complexity index is 1400. The molecule has 0 radical (unpaired) electrons. The Kier molecular flexibility index (Phi) is 8.26. The molecule has 1 aromatic heterocycles. The highest BCUT2D eigenvalue weighted by Gasteiger charge is 2.08. The Labute approximate surface area is 221 Å². The van der Waals surface area contributed by atoms with Crippen molar-refractivity contribution in [2.45, 2.75) is 13.3 Å². The molecule has 3 aromatic carbocycles. The minimum atomic E-state index is 0.401. The predicted octanol–water partition coefficient (Wildman–Crippen LogP) is 9.83. The van der Waals surface area contributed by atoms with E-state index in [9.17, 15) is 0 Å². The van der Waals surface area contributed by atoms with Crippen molar-refractivity contribution < 1.29 is 0 Å². The number of hydrogen-bond acceptors (Lipinski definition) is 8. The Morgan fingerprint density at radius 1 is 0.886 bits per heavy atom. The molecule has 4 aromatic rings. The van der Waals surface area contributed by atoms with E-state index in [4.69, 9.17) is 40.1 Å². The van der Waals surface area contributed by atoms with E-state index in [0.717, 1.165) is 16.9 Å². The molecule has 0 atom stereocenters. The summed E-state index contributed by atoms with van der Waals surface area (Å²) in [5.74, 6) is 0. The summed E-state index contributed by atoms with van der Waals surface area (Å²) in [5, 5.41) is 27.5. The lowest BCUT2D eigenvalue weighted by atomic mass is 10.2. The SMILES string of the molecule is CCN(CCC#N)c1ccc(N=Nc2ccc(N=Nc3nc4cc(Cl)c(Cl)cc4s3)cc2Cl)cc1. The van der Waals surface area contributed by atoms with Crippen LogP contribution in [0.2, 0.25) is 15.1 Å². The van der Waals surface area contributed by atoms with Gasteiger partial charge in [-0.15, -0.1) is 15.3 Å². The first-order valence-corrected chi connectivity index (χ1v) is 12.5. The lowest BCUT2D eigenvalue weighted by molar-refractivity contribution is 0.827. The van der Waals surface area contributed by atoms with Crippen molar-refractivity contribution in [3.63, 3.8) is 0 Å². The van der Waals surface area contributed by atoms with Gasteiger partial charge in [-0.05, 0) is 61.5 Å². The number of hydrogen-bond donors (Lipinski definition) is 0. The number of thiazole rings is 1. The number of nitrogens with zero attached hydrogens (tertiary/aromatic N) is 7. The van der Waals surface area contributed by atoms with Gasteiger partial charge < -0.3 is 4.90 Å². The van der Waals surface area contributed by atoms with Crippen molar-refractivity contribution in [3.8, 4) is 6.07 Å². The lowest BCUT2D eigenvalue weighted by Crippen LogP contribution is -2.23. The largest absolute Gasteiger partial charge is 0.371 e. The summed E-state index contributed by atoms with van der Waals surface area (Å²) >= 11 is 19.8. The highest BCUT2D eigenvalue weighted by atomic mass is 35.5. The zero-order valence-electron chi connectivity index (χ0n) is 18.5. The maximum atomic E-state index is 8.81. The Morgan fingerprint density at radius 2 is 1.60 bits per heavy atom. The summed E-state index contributed by atoms with van der Waals surface area (Å²) in [6, 6.07) is 18.5. The van der Waals surface area contributed by atoms with E-state index in [-0.39, 0.29) is 0 Å². The average Bonchev–Trinajstić information content (AvgIpc) is 3.25. The molecule has 7 nitrogen and oxygen atoms in total. The van der Waals surface area contributed by atoms with Crippen molar-refractivity contribution in [1.82, 2.24) is 4.98 Å². The molecule has 0 unspecified atom stereocenters. The van der Waals surface area contributed by atoms with Crippen molar-refractivity contribution >= 4 is 84.2 Å². The Balaban J connectivity index is 1.44. The molecular formula is C24H18Cl3N7S. The van der Waals surface area contributed by atoms with Crippen LogP contribution in [-0.4, -0.2) is 18.1 Å². The van der Waals surface area contributed by atoms with Crippen molar-refractivity contribution in [1.29, 1.82) is 5.26 Å². The maximum absolute atomic E-state index is 8.81. The van der Waals surface area contributed by atoms with Crippen LogP contribution >= 0.6 is 46.1 Å². The van der Waals surface area contributed by atoms with Gasteiger partial charge in [0.25, 0.3) is 0 Å². The first kappa shape index (κ1) is 25.0. The molecule has 35 heavy (non-hydrogen) atoms.